The largest absolute Gasteiger partial charge is 0.480 e. The van der Waals surface area contributed by atoms with Crippen molar-refractivity contribution in [2.45, 2.75) is 13.5 Å². The first kappa shape index (κ1) is 11.4. The molecule has 1 aromatic heterocycles. The average Bonchev–Trinajstić information content (AvgIpc) is 2.83. The van der Waals surface area contributed by atoms with Crippen molar-refractivity contribution in [3.05, 3.63) is 42.1 Å². The van der Waals surface area contributed by atoms with Crippen molar-refractivity contribution < 1.29 is 4.74 Å². The van der Waals surface area contributed by atoms with E-state index < -0.39 is 0 Å². The Balaban J connectivity index is 2.45. The predicted molar refractivity (Wildman–Crippen MR) is 67.2 cm³/mol. The van der Waals surface area contributed by atoms with Crippen LogP contribution in [0.3, 0.4) is 0 Å². The summed E-state index contributed by atoms with van der Waals surface area (Å²) < 4.78 is 6.72. The Kier molecular flexibility index (Phi) is 3.23. The zero-order valence-electron chi connectivity index (χ0n) is 9.97. The van der Waals surface area contributed by atoms with Gasteiger partial charge < -0.3 is 4.74 Å². The van der Waals surface area contributed by atoms with E-state index in [9.17, 15) is 0 Å². The summed E-state index contributed by atoms with van der Waals surface area (Å²) in [5.74, 6) is 0.140. The summed E-state index contributed by atoms with van der Waals surface area (Å²) in [6.07, 6.45) is 0. The van der Waals surface area contributed by atoms with Gasteiger partial charge in [0.1, 0.15) is 5.69 Å². The number of benzene rings is 1. The van der Waals surface area contributed by atoms with Crippen LogP contribution in [0.1, 0.15) is 12.6 Å². The number of aryl methyl sites for hydroxylation is 1. The molecule has 0 bridgehead atoms. The Hall–Kier alpha value is -2.10. The summed E-state index contributed by atoms with van der Waals surface area (Å²) >= 11 is 0. The van der Waals surface area contributed by atoms with Gasteiger partial charge in [0.25, 0.3) is 0 Å². The molecule has 0 spiro atoms. The van der Waals surface area contributed by atoms with Crippen LogP contribution in [0.4, 0.5) is 0 Å². The second-order valence-electron chi connectivity index (χ2n) is 3.63. The van der Waals surface area contributed by atoms with Crippen molar-refractivity contribution in [2.24, 2.45) is 0 Å². The van der Waals surface area contributed by atoms with Gasteiger partial charge in [0.05, 0.1) is 12.8 Å². The predicted octanol–water partition coefficient (Wildman–Crippen LogP) is 2.54. The van der Waals surface area contributed by atoms with E-state index in [2.05, 4.69) is 5.10 Å². The molecule has 0 aliphatic rings. The van der Waals surface area contributed by atoms with Crippen molar-refractivity contribution in [3.8, 4) is 11.3 Å². The minimum atomic E-state index is 0.140. The lowest BCUT2D eigenvalue weighted by Crippen LogP contribution is -2.10. The quantitative estimate of drug-likeness (QED) is 0.649. The van der Waals surface area contributed by atoms with Gasteiger partial charge in [-0.15, -0.1) is 0 Å². The molecule has 1 N–H and O–H groups in total. The van der Waals surface area contributed by atoms with Crippen molar-refractivity contribution in [1.29, 1.82) is 5.41 Å². The van der Waals surface area contributed by atoms with E-state index in [1.165, 1.54) is 7.11 Å². The monoisotopic (exact) mass is 229 g/mol. The topological polar surface area (TPSA) is 50.9 Å². The van der Waals surface area contributed by atoms with Gasteiger partial charge in [-0.3, -0.25) is 10.1 Å². The smallest absolute Gasteiger partial charge is 0.231 e. The lowest BCUT2D eigenvalue weighted by Gasteiger charge is -2.03. The normalized spacial score (nSPS) is 10.2. The number of ether oxygens (including phenoxy) is 1. The first-order valence-electron chi connectivity index (χ1n) is 5.52. The lowest BCUT2D eigenvalue weighted by molar-refractivity contribution is 0.395. The van der Waals surface area contributed by atoms with Crippen LogP contribution in [0.15, 0.2) is 36.4 Å². The fourth-order valence-electron chi connectivity index (χ4n) is 1.70. The van der Waals surface area contributed by atoms with E-state index in [1.54, 1.807) is 4.68 Å². The summed E-state index contributed by atoms with van der Waals surface area (Å²) in [6, 6.07) is 11.8. The zero-order valence-corrected chi connectivity index (χ0v) is 9.97. The molecule has 0 fully saturated rings. The Morgan fingerprint density at radius 1 is 1.35 bits per heavy atom. The second kappa shape index (κ2) is 4.82. The van der Waals surface area contributed by atoms with Crippen LogP contribution in [0.2, 0.25) is 0 Å². The summed E-state index contributed by atoms with van der Waals surface area (Å²) in [5.41, 5.74) is 2.61. The summed E-state index contributed by atoms with van der Waals surface area (Å²) in [4.78, 5) is 0. The molecule has 0 atom stereocenters. The van der Waals surface area contributed by atoms with Gasteiger partial charge in [-0.25, -0.2) is 0 Å². The average molecular weight is 229 g/mol. The van der Waals surface area contributed by atoms with E-state index in [0.717, 1.165) is 11.3 Å². The standard InChI is InChI=1S/C13H15N3O/c1-3-16-12(13(14)17-2)9-11(15-16)10-7-5-4-6-8-10/h4-9,14H,3H2,1-2H3. The fourth-order valence-corrected chi connectivity index (χ4v) is 1.70. The molecule has 0 aliphatic carbocycles. The molecular weight excluding hydrogens is 214 g/mol. The Bertz CT molecular complexity index is 517. The van der Waals surface area contributed by atoms with Gasteiger partial charge in [-0.1, -0.05) is 30.3 Å². The molecular formula is C13H15N3O. The molecule has 1 heterocycles. The first-order valence-corrected chi connectivity index (χ1v) is 5.52. The number of aromatic nitrogens is 2. The highest BCUT2D eigenvalue weighted by Crippen LogP contribution is 2.19. The van der Waals surface area contributed by atoms with Gasteiger partial charge in [0.15, 0.2) is 0 Å². The summed E-state index contributed by atoms with van der Waals surface area (Å²) in [7, 11) is 1.50. The Morgan fingerprint density at radius 2 is 2.06 bits per heavy atom. The van der Waals surface area contributed by atoms with Gasteiger partial charge in [-0.2, -0.15) is 5.10 Å². The van der Waals surface area contributed by atoms with Crippen LogP contribution >= 0.6 is 0 Å². The van der Waals surface area contributed by atoms with Crippen LogP contribution in [0.25, 0.3) is 11.3 Å². The van der Waals surface area contributed by atoms with Crippen LogP contribution in [-0.4, -0.2) is 22.8 Å². The van der Waals surface area contributed by atoms with Crippen molar-refractivity contribution >= 4 is 5.90 Å². The number of nitrogens with zero attached hydrogens (tertiary/aromatic N) is 2. The fraction of sp³-hybridized carbons (Fsp3) is 0.231. The molecule has 4 heteroatoms. The van der Waals surface area contributed by atoms with E-state index in [4.69, 9.17) is 10.1 Å². The number of methoxy groups -OCH3 is 1. The molecule has 0 unspecified atom stereocenters. The Labute approximate surface area is 100 Å². The van der Waals surface area contributed by atoms with Crippen LogP contribution in [0, 0.1) is 5.41 Å². The van der Waals surface area contributed by atoms with Crippen molar-refractivity contribution in [2.75, 3.05) is 7.11 Å². The van der Waals surface area contributed by atoms with Gasteiger partial charge in [0.2, 0.25) is 5.90 Å². The molecule has 1 aromatic carbocycles. The molecule has 88 valence electrons. The van der Waals surface area contributed by atoms with Crippen LogP contribution in [-0.2, 0) is 11.3 Å². The maximum absolute atomic E-state index is 7.72. The summed E-state index contributed by atoms with van der Waals surface area (Å²) in [6.45, 7) is 2.71. The number of rotatable bonds is 3. The number of hydrogen-bond donors (Lipinski definition) is 1. The van der Waals surface area contributed by atoms with E-state index in [0.29, 0.717) is 12.2 Å². The van der Waals surface area contributed by atoms with Gasteiger partial charge in [0, 0.05) is 12.1 Å². The highest BCUT2D eigenvalue weighted by atomic mass is 16.5. The lowest BCUT2D eigenvalue weighted by atomic mass is 10.1. The molecule has 2 aromatic rings. The summed E-state index contributed by atoms with van der Waals surface area (Å²) in [5, 5.41) is 12.2. The van der Waals surface area contributed by atoms with Gasteiger partial charge >= 0.3 is 0 Å². The maximum atomic E-state index is 7.72. The molecule has 17 heavy (non-hydrogen) atoms. The number of nitrogens with one attached hydrogen (secondary N) is 1. The molecule has 0 radical (unpaired) electrons. The molecule has 4 nitrogen and oxygen atoms in total. The van der Waals surface area contributed by atoms with Gasteiger partial charge in [-0.05, 0) is 13.0 Å². The maximum Gasteiger partial charge on any atom is 0.231 e. The minimum Gasteiger partial charge on any atom is -0.480 e. The third-order valence-corrected chi connectivity index (χ3v) is 2.59. The van der Waals surface area contributed by atoms with Crippen LogP contribution in [0.5, 0.6) is 0 Å². The van der Waals surface area contributed by atoms with Crippen molar-refractivity contribution in [3.63, 3.8) is 0 Å². The molecule has 2 rings (SSSR count). The molecule has 0 saturated heterocycles. The van der Waals surface area contributed by atoms with Crippen molar-refractivity contribution in [1.82, 2.24) is 9.78 Å². The van der Waals surface area contributed by atoms with E-state index in [-0.39, 0.29) is 5.90 Å². The third-order valence-electron chi connectivity index (χ3n) is 2.59. The molecule has 0 saturated carbocycles. The molecule has 0 amide bonds. The highest BCUT2D eigenvalue weighted by Gasteiger charge is 2.12. The third kappa shape index (κ3) is 2.20. The first-order chi connectivity index (χ1) is 8.26. The second-order valence-corrected chi connectivity index (χ2v) is 3.63. The Morgan fingerprint density at radius 3 is 2.65 bits per heavy atom. The van der Waals surface area contributed by atoms with Crippen LogP contribution < -0.4 is 0 Å². The number of hydrogen-bond acceptors (Lipinski definition) is 3. The molecule has 0 aliphatic heterocycles. The highest BCUT2D eigenvalue weighted by molar-refractivity contribution is 5.91. The zero-order chi connectivity index (χ0) is 12.3. The van der Waals surface area contributed by atoms with E-state index in [1.807, 2.05) is 43.3 Å². The van der Waals surface area contributed by atoms with E-state index >= 15 is 0 Å². The SMILES string of the molecule is CCn1nc(-c2ccccc2)cc1C(=N)OC. The minimum absolute atomic E-state index is 0.140.